The highest BCUT2D eigenvalue weighted by Crippen LogP contribution is 2.22. The van der Waals surface area contributed by atoms with Gasteiger partial charge in [0.05, 0.1) is 0 Å². The van der Waals surface area contributed by atoms with Crippen molar-refractivity contribution >= 4 is 17.6 Å². The Balaban J connectivity index is 1.43. The van der Waals surface area contributed by atoms with Crippen molar-refractivity contribution < 1.29 is 14.0 Å². The van der Waals surface area contributed by atoms with E-state index in [1.807, 2.05) is 4.90 Å². The molecule has 1 fully saturated rings. The zero-order chi connectivity index (χ0) is 16.9. The Kier molecular flexibility index (Phi) is 5.13. The van der Waals surface area contributed by atoms with Crippen LogP contribution in [0.3, 0.4) is 0 Å². The molecule has 2 atom stereocenters. The SMILES string of the molecule is O=C(Nc1ccc(F)cc1)N[C@@H]1CCN(C(=O)C[C@H]2C=CCC2)C1. The number of carbonyl (C=O) groups excluding carboxylic acids is 2. The molecule has 0 saturated carbocycles. The lowest BCUT2D eigenvalue weighted by Crippen LogP contribution is -2.40. The van der Waals surface area contributed by atoms with E-state index >= 15 is 0 Å². The molecule has 2 N–H and O–H groups in total. The molecule has 1 aromatic carbocycles. The number of carbonyl (C=O) groups is 2. The van der Waals surface area contributed by atoms with Gasteiger partial charge in [0.15, 0.2) is 0 Å². The third-order valence-corrected chi connectivity index (χ3v) is 4.53. The summed E-state index contributed by atoms with van der Waals surface area (Å²) in [6.07, 6.45) is 7.69. The number of hydrogen-bond donors (Lipinski definition) is 2. The lowest BCUT2D eigenvalue weighted by Gasteiger charge is -2.19. The van der Waals surface area contributed by atoms with Gasteiger partial charge in [0.25, 0.3) is 0 Å². The van der Waals surface area contributed by atoms with Gasteiger partial charge >= 0.3 is 6.03 Å². The Morgan fingerprint density at radius 3 is 2.71 bits per heavy atom. The average molecular weight is 331 g/mol. The molecule has 1 aromatic rings. The van der Waals surface area contributed by atoms with Crippen LogP contribution < -0.4 is 10.6 Å². The van der Waals surface area contributed by atoms with Crippen molar-refractivity contribution in [1.29, 1.82) is 0 Å². The maximum atomic E-state index is 12.8. The first kappa shape index (κ1) is 16.5. The molecular weight excluding hydrogens is 309 g/mol. The molecule has 0 bridgehead atoms. The molecule has 2 aliphatic rings. The second-order valence-corrected chi connectivity index (χ2v) is 6.40. The predicted molar refractivity (Wildman–Crippen MR) is 90.0 cm³/mol. The Morgan fingerprint density at radius 2 is 2.00 bits per heavy atom. The topological polar surface area (TPSA) is 61.4 Å². The highest BCUT2D eigenvalue weighted by Gasteiger charge is 2.28. The van der Waals surface area contributed by atoms with Crippen molar-refractivity contribution in [3.05, 3.63) is 42.2 Å². The van der Waals surface area contributed by atoms with E-state index < -0.39 is 0 Å². The lowest BCUT2D eigenvalue weighted by atomic mass is 10.0. The van der Waals surface area contributed by atoms with E-state index in [2.05, 4.69) is 22.8 Å². The smallest absolute Gasteiger partial charge is 0.319 e. The molecule has 0 aromatic heterocycles. The van der Waals surface area contributed by atoms with Crippen LogP contribution in [0.1, 0.15) is 25.7 Å². The van der Waals surface area contributed by atoms with Crippen LogP contribution in [0.4, 0.5) is 14.9 Å². The van der Waals surface area contributed by atoms with E-state index in [0.717, 1.165) is 19.3 Å². The van der Waals surface area contributed by atoms with Gasteiger partial charge in [0.2, 0.25) is 5.91 Å². The molecule has 0 radical (unpaired) electrons. The van der Waals surface area contributed by atoms with Crippen LogP contribution in [0.5, 0.6) is 0 Å². The van der Waals surface area contributed by atoms with Crippen molar-refractivity contribution in [2.24, 2.45) is 5.92 Å². The van der Waals surface area contributed by atoms with Gasteiger partial charge in [0.1, 0.15) is 5.82 Å². The van der Waals surface area contributed by atoms with E-state index in [-0.39, 0.29) is 23.8 Å². The molecule has 3 amide bonds. The second kappa shape index (κ2) is 7.47. The Bertz CT molecular complexity index is 630. The summed E-state index contributed by atoms with van der Waals surface area (Å²) < 4.78 is 12.8. The van der Waals surface area contributed by atoms with Gasteiger partial charge in [-0.15, -0.1) is 0 Å². The fourth-order valence-electron chi connectivity index (χ4n) is 3.21. The van der Waals surface area contributed by atoms with Crippen molar-refractivity contribution in [2.45, 2.75) is 31.7 Å². The number of urea groups is 1. The minimum Gasteiger partial charge on any atom is -0.341 e. The van der Waals surface area contributed by atoms with Gasteiger partial charge < -0.3 is 15.5 Å². The summed E-state index contributed by atoms with van der Waals surface area (Å²) in [6, 6.07) is 5.22. The number of likely N-dealkylation sites (tertiary alicyclic amines) is 1. The summed E-state index contributed by atoms with van der Waals surface area (Å²) in [4.78, 5) is 26.1. The van der Waals surface area contributed by atoms with Crippen LogP contribution in [0, 0.1) is 11.7 Å². The zero-order valence-electron chi connectivity index (χ0n) is 13.5. The third-order valence-electron chi connectivity index (χ3n) is 4.53. The first-order valence-electron chi connectivity index (χ1n) is 8.37. The number of nitrogens with one attached hydrogen (secondary N) is 2. The predicted octanol–water partition coefficient (Wildman–Crippen LogP) is 2.90. The molecule has 1 aliphatic heterocycles. The quantitative estimate of drug-likeness (QED) is 0.834. The summed E-state index contributed by atoms with van der Waals surface area (Å²) in [7, 11) is 0. The van der Waals surface area contributed by atoms with Gasteiger partial charge in [-0.25, -0.2) is 9.18 Å². The normalized spacial score (nSPS) is 22.6. The van der Waals surface area contributed by atoms with Crippen molar-refractivity contribution in [3.63, 3.8) is 0 Å². The van der Waals surface area contributed by atoms with Gasteiger partial charge in [-0.05, 0) is 49.4 Å². The monoisotopic (exact) mass is 331 g/mol. The number of allylic oxidation sites excluding steroid dienone is 2. The van der Waals surface area contributed by atoms with E-state index in [9.17, 15) is 14.0 Å². The van der Waals surface area contributed by atoms with Gasteiger partial charge in [-0.1, -0.05) is 12.2 Å². The molecule has 6 heteroatoms. The number of anilines is 1. The molecular formula is C18H22FN3O2. The summed E-state index contributed by atoms with van der Waals surface area (Å²) in [5.74, 6) is 0.184. The fraction of sp³-hybridized carbons (Fsp3) is 0.444. The molecule has 1 heterocycles. The van der Waals surface area contributed by atoms with Crippen LogP contribution in [-0.2, 0) is 4.79 Å². The van der Waals surface area contributed by atoms with Crippen molar-refractivity contribution in [1.82, 2.24) is 10.2 Å². The molecule has 0 spiro atoms. The molecule has 1 aliphatic carbocycles. The number of amides is 3. The van der Waals surface area contributed by atoms with Crippen LogP contribution in [0.2, 0.25) is 0 Å². The lowest BCUT2D eigenvalue weighted by molar-refractivity contribution is -0.130. The highest BCUT2D eigenvalue weighted by atomic mass is 19.1. The number of halogens is 1. The minimum absolute atomic E-state index is 0.0477. The largest absolute Gasteiger partial charge is 0.341 e. The highest BCUT2D eigenvalue weighted by molar-refractivity contribution is 5.89. The maximum Gasteiger partial charge on any atom is 0.319 e. The molecule has 0 unspecified atom stereocenters. The van der Waals surface area contributed by atoms with Gasteiger partial charge in [-0.3, -0.25) is 4.79 Å². The van der Waals surface area contributed by atoms with Crippen LogP contribution >= 0.6 is 0 Å². The first-order chi connectivity index (χ1) is 11.6. The third kappa shape index (κ3) is 4.34. The number of benzene rings is 1. The maximum absolute atomic E-state index is 12.8. The van der Waals surface area contributed by atoms with E-state index in [1.165, 1.54) is 24.3 Å². The second-order valence-electron chi connectivity index (χ2n) is 6.40. The standard InChI is InChI=1S/C18H22FN3O2/c19-14-5-7-15(8-6-14)20-18(24)21-16-9-10-22(12-16)17(23)11-13-3-1-2-4-13/h1,3,5-8,13,16H,2,4,9-12H2,(H2,20,21,24)/t13-,16+/m0/s1. The first-order valence-corrected chi connectivity index (χ1v) is 8.37. The van der Waals surface area contributed by atoms with Crippen molar-refractivity contribution in [2.75, 3.05) is 18.4 Å². The summed E-state index contributed by atoms with van der Waals surface area (Å²) in [6.45, 7) is 1.23. The minimum atomic E-state index is -0.344. The Labute approximate surface area is 140 Å². The van der Waals surface area contributed by atoms with Gasteiger partial charge in [-0.2, -0.15) is 0 Å². The Hall–Kier alpha value is -2.37. The summed E-state index contributed by atoms with van der Waals surface area (Å²) in [5, 5.41) is 5.54. The van der Waals surface area contributed by atoms with Gasteiger partial charge in [0, 0.05) is 31.2 Å². The zero-order valence-corrected chi connectivity index (χ0v) is 13.5. The Morgan fingerprint density at radius 1 is 1.21 bits per heavy atom. The molecule has 1 saturated heterocycles. The van der Waals surface area contributed by atoms with Crippen LogP contribution in [0.25, 0.3) is 0 Å². The average Bonchev–Trinajstić information content (AvgIpc) is 3.21. The van der Waals surface area contributed by atoms with E-state index in [1.54, 1.807) is 0 Å². The number of nitrogens with zero attached hydrogens (tertiary/aromatic N) is 1. The summed E-state index contributed by atoms with van der Waals surface area (Å²) >= 11 is 0. The number of rotatable bonds is 4. The fourth-order valence-corrected chi connectivity index (χ4v) is 3.21. The molecule has 24 heavy (non-hydrogen) atoms. The number of hydrogen-bond acceptors (Lipinski definition) is 2. The van der Waals surface area contributed by atoms with Crippen molar-refractivity contribution in [3.8, 4) is 0 Å². The van der Waals surface area contributed by atoms with Crippen LogP contribution in [0.15, 0.2) is 36.4 Å². The van der Waals surface area contributed by atoms with Crippen LogP contribution in [-0.4, -0.2) is 36.0 Å². The molecule has 128 valence electrons. The van der Waals surface area contributed by atoms with E-state index in [0.29, 0.717) is 31.1 Å². The van der Waals surface area contributed by atoms with E-state index in [4.69, 9.17) is 0 Å². The molecule has 3 rings (SSSR count). The summed E-state index contributed by atoms with van der Waals surface area (Å²) in [5.41, 5.74) is 0.535. The molecule has 5 nitrogen and oxygen atoms in total.